The minimum absolute atomic E-state index is 0.585. The second-order valence-electron chi connectivity index (χ2n) is 5.99. The van der Waals surface area contributed by atoms with E-state index in [0.29, 0.717) is 13.2 Å². The van der Waals surface area contributed by atoms with Gasteiger partial charge in [-0.1, -0.05) is 42.5 Å². The lowest BCUT2D eigenvalue weighted by atomic mass is 10.0. The molecule has 6 heteroatoms. The maximum Gasteiger partial charge on any atom is 0.206 e. The van der Waals surface area contributed by atoms with Gasteiger partial charge in [0.25, 0.3) is 0 Å². The smallest absolute Gasteiger partial charge is 0.206 e. The summed E-state index contributed by atoms with van der Waals surface area (Å²) in [5, 5.41) is 9.22. The summed E-state index contributed by atoms with van der Waals surface area (Å²) in [5.41, 5.74) is 3.11. The highest BCUT2D eigenvalue weighted by molar-refractivity contribution is 7.07. The molecule has 136 valence electrons. The molecule has 0 bridgehead atoms. The van der Waals surface area contributed by atoms with Gasteiger partial charge in [0.2, 0.25) is 4.80 Å². The van der Waals surface area contributed by atoms with Gasteiger partial charge in [-0.3, -0.25) is 4.99 Å². The van der Waals surface area contributed by atoms with Crippen LogP contribution in [0.5, 0.6) is 0 Å². The highest BCUT2D eigenvalue weighted by Crippen LogP contribution is 2.28. The van der Waals surface area contributed by atoms with E-state index in [1.807, 2.05) is 29.2 Å². The summed E-state index contributed by atoms with van der Waals surface area (Å²) >= 11 is 1.58. The molecule has 0 saturated heterocycles. The first-order chi connectivity index (χ1) is 13.4. The minimum Gasteiger partial charge on any atom is -0.383 e. The van der Waals surface area contributed by atoms with E-state index >= 15 is 0 Å². The zero-order valence-electron chi connectivity index (χ0n) is 15.0. The molecule has 2 aromatic carbocycles. The molecule has 0 aliphatic rings. The normalized spacial score (nSPS) is 12.4. The number of methoxy groups -OCH3 is 1. The molecule has 1 N–H and O–H groups in total. The van der Waals surface area contributed by atoms with Crippen LogP contribution in [0.2, 0.25) is 0 Å². The summed E-state index contributed by atoms with van der Waals surface area (Å²) in [6.45, 7) is 1.19. The van der Waals surface area contributed by atoms with Crippen LogP contribution in [0.15, 0.2) is 76.3 Å². The van der Waals surface area contributed by atoms with Gasteiger partial charge in [0.05, 0.1) is 30.8 Å². The molecule has 5 nitrogen and oxygen atoms in total. The first-order valence-corrected chi connectivity index (χ1v) is 9.60. The molecule has 4 aromatic rings. The average molecular weight is 376 g/mol. The Hall–Kier alpha value is -2.96. The maximum atomic E-state index is 5.13. The summed E-state index contributed by atoms with van der Waals surface area (Å²) in [7, 11) is 1.68. The van der Waals surface area contributed by atoms with Crippen LogP contribution in [0.3, 0.4) is 0 Å². The molecule has 4 rings (SSSR count). The quantitative estimate of drug-likeness (QED) is 0.399. The van der Waals surface area contributed by atoms with Gasteiger partial charge in [-0.15, -0.1) is 11.3 Å². The molecule has 27 heavy (non-hydrogen) atoms. The average Bonchev–Trinajstić information content (AvgIpc) is 3.36. The Morgan fingerprint density at radius 1 is 1.11 bits per heavy atom. The molecule has 0 amide bonds. The van der Waals surface area contributed by atoms with Gasteiger partial charge in [0, 0.05) is 24.3 Å². The van der Waals surface area contributed by atoms with Gasteiger partial charge < -0.3 is 9.72 Å². The Kier molecular flexibility index (Phi) is 5.27. The molecule has 0 aliphatic heterocycles. The number of aromatic nitrogens is 2. The third-order valence-electron chi connectivity index (χ3n) is 4.23. The Morgan fingerprint density at radius 3 is 2.85 bits per heavy atom. The Labute approximate surface area is 161 Å². The first-order valence-electron chi connectivity index (χ1n) is 8.72. The van der Waals surface area contributed by atoms with Crippen LogP contribution in [0.4, 0.5) is 0 Å². The van der Waals surface area contributed by atoms with Gasteiger partial charge in [0.1, 0.15) is 0 Å². The number of nitrogens with one attached hydrogen (secondary N) is 1. The van der Waals surface area contributed by atoms with Crippen molar-refractivity contribution in [2.45, 2.75) is 0 Å². The molecule has 0 spiro atoms. The molecular formula is C21H20N4OS. The van der Waals surface area contributed by atoms with E-state index in [-0.39, 0.29) is 0 Å². The van der Waals surface area contributed by atoms with Crippen molar-refractivity contribution in [3.05, 3.63) is 76.7 Å². The molecule has 0 radical (unpaired) electrons. The van der Waals surface area contributed by atoms with Gasteiger partial charge in [-0.2, -0.15) is 5.10 Å². The maximum absolute atomic E-state index is 5.13. The SMILES string of the molecule is COCCN=c1scc(-c2cccc3ccccc23)n1/N=C/c1ccc[nH]1. The zero-order chi connectivity index (χ0) is 18.5. The van der Waals surface area contributed by atoms with Crippen molar-refractivity contribution in [3.8, 4) is 11.3 Å². The predicted molar refractivity (Wildman–Crippen MR) is 111 cm³/mol. The molecule has 2 heterocycles. The lowest BCUT2D eigenvalue weighted by Crippen LogP contribution is -2.13. The Bertz CT molecular complexity index is 1120. The Balaban J connectivity index is 1.86. The highest BCUT2D eigenvalue weighted by Gasteiger charge is 2.10. The van der Waals surface area contributed by atoms with Crippen LogP contribution in [-0.2, 0) is 4.74 Å². The van der Waals surface area contributed by atoms with Crippen molar-refractivity contribution in [1.82, 2.24) is 9.66 Å². The van der Waals surface area contributed by atoms with E-state index in [1.54, 1.807) is 18.4 Å². The summed E-state index contributed by atoms with van der Waals surface area (Å²) in [6.07, 6.45) is 3.70. The number of aromatic amines is 1. The van der Waals surface area contributed by atoms with E-state index in [4.69, 9.17) is 9.84 Å². The van der Waals surface area contributed by atoms with Crippen molar-refractivity contribution in [2.75, 3.05) is 20.3 Å². The van der Waals surface area contributed by atoms with Crippen molar-refractivity contribution in [1.29, 1.82) is 0 Å². The summed E-state index contributed by atoms with van der Waals surface area (Å²) in [5.74, 6) is 0. The van der Waals surface area contributed by atoms with Crippen LogP contribution >= 0.6 is 11.3 Å². The molecule has 0 aliphatic carbocycles. The molecular weight excluding hydrogens is 356 g/mol. The van der Waals surface area contributed by atoms with Crippen molar-refractivity contribution in [2.24, 2.45) is 10.1 Å². The molecule has 2 aromatic heterocycles. The largest absolute Gasteiger partial charge is 0.383 e. The third-order valence-corrected chi connectivity index (χ3v) is 5.08. The van der Waals surface area contributed by atoms with Crippen LogP contribution in [0.25, 0.3) is 22.0 Å². The van der Waals surface area contributed by atoms with Gasteiger partial charge in [-0.25, -0.2) is 4.68 Å². The molecule has 0 unspecified atom stereocenters. The van der Waals surface area contributed by atoms with Crippen LogP contribution in [0.1, 0.15) is 5.69 Å². The minimum atomic E-state index is 0.585. The topological polar surface area (TPSA) is 54.7 Å². The second kappa shape index (κ2) is 8.16. The molecule has 0 saturated carbocycles. The lowest BCUT2D eigenvalue weighted by Gasteiger charge is -2.07. The number of thiazole rings is 1. The Morgan fingerprint density at radius 2 is 2.00 bits per heavy atom. The van der Waals surface area contributed by atoms with Crippen molar-refractivity contribution in [3.63, 3.8) is 0 Å². The highest BCUT2D eigenvalue weighted by atomic mass is 32.1. The fourth-order valence-electron chi connectivity index (χ4n) is 2.93. The second-order valence-corrected chi connectivity index (χ2v) is 6.82. The number of nitrogens with zero attached hydrogens (tertiary/aromatic N) is 3. The van der Waals surface area contributed by atoms with E-state index < -0.39 is 0 Å². The number of hydrogen-bond acceptors (Lipinski definition) is 4. The van der Waals surface area contributed by atoms with E-state index in [2.05, 4.69) is 57.8 Å². The number of rotatable bonds is 6. The van der Waals surface area contributed by atoms with Crippen LogP contribution in [-0.4, -0.2) is 36.1 Å². The fraction of sp³-hybridized carbons (Fsp3) is 0.143. The monoisotopic (exact) mass is 376 g/mol. The number of ether oxygens (including phenoxy) is 1. The lowest BCUT2D eigenvalue weighted by molar-refractivity contribution is 0.207. The number of benzene rings is 2. The van der Waals surface area contributed by atoms with Crippen molar-refractivity contribution >= 4 is 28.3 Å². The molecule has 0 atom stereocenters. The third kappa shape index (κ3) is 3.77. The number of H-pyrrole nitrogens is 1. The van der Waals surface area contributed by atoms with Gasteiger partial charge >= 0.3 is 0 Å². The standard InChI is InChI=1S/C21H20N4OS/c1-26-13-12-23-21-25(24-14-17-8-5-11-22-17)20(15-27-21)19-10-4-7-16-6-2-3-9-18(16)19/h2-11,14-15,22H,12-13H2,1H3/b23-21?,24-14+. The van der Waals surface area contributed by atoms with Crippen LogP contribution < -0.4 is 4.80 Å². The first kappa shape index (κ1) is 17.5. The number of hydrogen-bond donors (Lipinski definition) is 1. The van der Waals surface area contributed by atoms with Crippen molar-refractivity contribution < 1.29 is 4.74 Å². The van der Waals surface area contributed by atoms with Gasteiger partial charge in [0.15, 0.2) is 0 Å². The number of fused-ring (bicyclic) bond motifs is 1. The molecule has 0 fully saturated rings. The summed E-state index contributed by atoms with van der Waals surface area (Å²) in [4.78, 5) is 8.65. The van der Waals surface area contributed by atoms with E-state index in [0.717, 1.165) is 21.8 Å². The summed E-state index contributed by atoms with van der Waals surface area (Å²) in [6, 6.07) is 18.7. The van der Waals surface area contributed by atoms with E-state index in [1.165, 1.54) is 10.8 Å². The zero-order valence-corrected chi connectivity index (χ0v) is 15.8. The fourth-order valence-corrected chi connectivity index (χ4v) is 3.79. The van der Waals surface area contributed by atoms with Crippen LogP contribution in [0, 0.1) is 0 Å². The predicted octanol–water partition coefficient (Wildman–Crippen LogP) is 4.13. The summed E-state index contributed by atoms with van der Waals surface area (Å²) < 4.78 is 7.04. The van der Waals surface area contributed by atoms with E-state index in [9.17, 15) is 0 Å². The van der Waals surface area contributed by atoms with Gasteiger partial charge in [-0.05, 0) is 22.9 Å².